The standard InChI is InChI=1S/C6H4F2O4S/c7-5-1-3-6(4-2-5)11-13(9,10)12-8/h1-4H. The van der Waals surface area contributed by atoms with Crippen molar-refractivity contribution in [3.05, 3.63) is 30.1 Å². The van der Waals surface area contributed by atoms with Crippen LogP contribution in [0.2, 0.25) is 0 Å². The van der Waals surface area contributed by atoms with E-state index < -0.39 is 16.2 Å². The van der Waals surface area contributed by atoms with Gasteiger partial charge in [-0.1, -0.05) is 0 Å². The number of benzene rings is 1. The van der Waals surface area contributed by atoms with Crippen molar-refractivity contribution in [2.45, 2.75) is 0 Å². The van der Waals surface area contributed by atoms with Gasteiger partial charge in [-0.05, 0) is 33.2 Å². The molecule has 1 aromatic carbocycles. The van der Waals surface area contributed by atoms with Gasteiger partial charge >= 0.3 is 10.4 Å². The third-order valence-corrected chi connectivity index (χ3v) is 1.64. The van der Waals surface area contributed by atoms with Crippen LogP contribution in [0.5, 0.6) is 5.75 Å². The minimum Gasteiger partial charge on any atom is -0.360 e. The second kappa shape index (κ2) is 3.67. The van der Waals surface area contributed by atoms with Crippen molar-refractivity contribution in [2.75, 3.05) is 0 Å². The molecule has 0 radical (unpaired) electrons. The van der Waals surface area contributed by atoms with Gasteiger partial charge in [-0.2, -0.15) is 8.42 Å². The predicted octanol–water partition coefficient (Wildman–Crippen LogP) is 1.35. The Morgan fingerprint density at radius 3 is 2.15 bits per heavy atom. The minimum absolute atomic E-state index is 0.237. The van der Waals surface area contributed by atoms with Crippen LogP contribution in [0, 0.1) is 5.82 Å². The van der Waals surface area contributed by atoms with E-state index in [1.54, 1.807) is 0 Å². The van der Waals surface area contributed by atoms with E-state index in [1.165, 1.54) is 0 Å². The molecule has 0 aromatic heterocycles. The summed E-state index contributed by atoms with van der Waals surface area (Å²) >= 11 is 0. The highest BCUT2D eigenvalue weighted by Crippen LogP contribution is 2.14. The molecule has 72 valence electrons. The number of hydrogen-bond donors (Lipinski definition) is 0. The smallest absolute Gasteiger partial charge is 0.360 e. The number of halogens is 2. The van der Waals surface area contributed by atoms with Crippen molar-refractivity contribution >= 4 is 10.4 Å². The number of hydrogen-bond acceptors (Lipinski definition) is 4. The summed E-state index contributed by atoms with van der Waals surface area (Å²) in [6.07, 6.45) is 0. The molecule has 0 aliphatic heterocycles. The Bertz CT molecular complexity index is 372. The van der Waals surface area contributed by atoms with Crippen LogP contribution in [-0.2, 0) is 14.8 Å². The van der Waals surface area contributed by atoms with Crippen LogP contribution in [0.1, 0.15) is 0 Å². The highest BCUT2D eigenvalue weighted by Gasteiger charge is 2.13. The van der Waals surface area contributed by atoms with Gasteiger partial charge < -0.3 is 4.18 Å². The summed E-state index contributed by atoms with van der Waals surface area (Å²) in [5.41, 5.74) is 0. The van der Waals surface area contributed by atoms with Crippen LogP contribution in [0.3, 0.4) is 0 Å². The molecule has 0 aliphatic carbocycles. The Hall–Kier alpha value is -1.21. The van der Waals surface area contributed by atoms with Crippen LogP contribution in [0.4, 0.5) is 8.92 Å². The summed E-state index contributed by atoms with van der Waals surface area (Å²) in [4.78, 5) is 0. The zero-order valence-electron chi connectivity index (χ0n) is 6.11. The molecule has 0 bridgehead atoms. The normalized spacial score (nSPS) is 11.2. The molecule has 0 spiro atoms. The molecule has 0 atom stereocenters. The lowest BCUT2D eigenvalue weighted by atomic mass is 10.3. The molecule has 0 saturated carbocycles. The molecule has 4 nitrogen and oxygen atoms in total. The highest BCUT2D eigenvalue weighted by molar-refractivity contribution is 7.82. The highest BCUT2D eigenvalue weighted by atomic mass is 32.3. The summed E-state index contributed by atoms with van der Waals surface area (Å²) in [5.74, 6) is -0.801. The van der Waals surface area contributed by atoms with Gasteiger partial charge in [-0.3, -0.25) is 0 Å². The third-order valence-electron chi connectivity index (χ3n) is 1.09. The molecule has 1 aromatic rings. The largest absolute Gasteiger partial charge is 0.480 e. The second-order valence-corrected chi connectivity index (χ2v) is 3.12. The van der Waals surface area contributed by atoms with E-state index in [1.807, 2.05) is 0 Å². The van der Waals surface area contributed by atoms with Crippen molar-refractivity contribution in [3.63, 3.8) is 0 Å². The van der Waals surface area contributed by atoms with Gasteiger partial charge in [0.05, 0.1) is 0 Å². The fourth-order valence-electron chi connectivity index (χ4n) is 0.621. The first kappa shape index (κ1) is 9.87. The van der Waals surface area contributed by atoms with E-state index in [2.05, 4.69) is 8.57 Å². The Balaban J connectivity index is 2.82. The Morgan fingerprint density at radius 2 is 1.69 bits per heavy atom. The SMILES string of the molecule is O=S(=O)(OF)Oc1ccc(F)cc1. The molecule has 0 fully saturated rings. The molecule has 1 rings (SSSR count). The molecular weight excluding hydrogens is 206 g/mol. The van der Waals surface area contributed by atoms with Crippen LogP contribution >= 0.6 is 0 Å². The first-order chi connectivity index (χ1) is 6.03. The molecule has 0 amide bonds. The van der Waals surface area contributed by atoms with Gasteiger partial charge in [0.2, 0.25) is 0 Å². The first-order valence-electron chi connectivity index (χ1n) is 3.04. The van der Waals surface area contributed by atoms with Crippen molar-refractivity contribution < 1.29 is 25.9 Å². The van der Waals surface area contributed by atoms with Gasteiger partial charge in [-0.25, -0.2) is 4.39 Å². The predicted molar refractivity (Wildman–Crippen MR) is 38.1 cm³/mol. The molecule has 0 heterocycles. The number of rotatable bonds is 3. The Kier molecular flexibility index (Phi) is 2.79. The van der Waals surface area contributed by atoms with Crippen molar-refractivity contribution in [1.82, 2.24) is 0 Å². The zero-order chi connectivity index (χ0) is 9.90. The van der Waals surface area contributed by atoms with Crippen LogP contribution in [-0.4, -0.2) is 8.42 Å². The molecule has 13 heavy (non-hydrogen) atoms. The fourth-order valence-corrected chi connectivity index (χ4v) is 0.993. The lowest BCUT2D eigenvalue weighted by molar-refractivity contribution is -0.00947. The molecule has 0 N–H and O–H groups in total. The maximum absolute atomic E-state index is 12.3. The lowest BCUT2D eigenvalue weighted by Crippen LogP contribution is -2.08. The van der Waals surface area contributed by atoms with Crippen LogP contribution in [0.25, 0.3) is 0 Å². The maximum Gasteiger partial charge on any atom is 0.480 e. The third kappa shape index (κ3) is 2.96. The van der Waals surface area contributed by atoms with E-state index in [0.29, 0.717) is 0 Å². The molecule has 0 unspecified atom stereocenters. The minimum atomic E-state index is -4.67. The van der Waals surface area contributed by atoms with E-state index >= 15 is 0 Å². The van der Waals surface area contributed by atoms with Crippen LogP contribution in [0.15, 0.2) is 24.3 Å². The van der Waals surface area contributed by atoms with Crippen molar-refractivity contribution in [2.24, 2.45) is 0 Å². The first-order valence-corrected chi connectivity index (χ1v) is 4.37. The van der Waals surface area contributed by atoms with E-state index in [4.69, 9.17) is 0 Å². The van der Waals surface area contributed by atoms with E-state index in [0.717, 1.165) is 24.3 Å². The zero-order valence-corrected chi connectivity index (χ0v) is 6.92. The summed E-state index contributed by atoms with van der Waals surface area (Å²) in [6, 6.07) is 3.96. The summed E-state index contributed by atoms with van der Waals surface area (Å²) in [6.45, 7) is 0. The molecule has 7 heteroatoms. The summed E-state index contributed by atoms with van der Waals surface area (Å²) in [5, 5.41) is 0. The fraction of sp³-hybridized carbons (Fsp3) is 0. The van der Waals surface area contributed by atoms with Gasteiger partial charge in [0.15, 0.2) is 0 Å². The topological polar surface area (TPSA) is 52.6 Å². The molecule has 0 saturated heterocycles. The van der Waals surface area contributed by atoms with Crippen LogP contribution < -0.4 is 4.18 Å². The van der Waals surface area contributed by atoms with Gasteiger partial charge in [0.1, 0.15) is 11.6 Å². The average molecular weight is 210 g/mol. The van der Waals surface area contributed by atoms with Crippen molar-refractivity contribution in [1.29, 1.82) is 0 Å². The molecule has 0 aliphatic rings. The van der Waals surface area contributed by atoms with E-state index in [-0.39, 0.29) is 5.75 Å². The summed E-state index contributed by atoms with van der Waals surface area (Å²) in [7, 11) is -4.67. The second-order valence-electron chi connectivity index (χ2n) is 2.01. The van der Waals surface area contributed by atoms with Gasteiger partial charge in [0.25, 0.3) is 0 Å². The van der Waals surface area contributed by atoms with E-state index in [9.17, 15) is 17.3 Å². The van der Waals surface area contributed by atoms with Gasteiger partial charge in [0, 0.05) is 0 Å². The monoisotopic (exact) mass is 210 g/mol. The van der Waals surface area contributed by atoms with Crippen molar-refractivity contribution in [3.8, 4) is 5.75 Å². The maximum atomic E-state index is 12.3. The molecular formula is C6H4F2O4S. The Morgan fingerprint density at radius 1 is 1.15 bits per heavy atom. The average Bonchev–Trinajstić information content (AvgIpc) is 2.09. The quantitative estimate of drug-likeness (QED) is 0.755. The lowest BCUT2D eigenvalue weighted by Gasteiger charge is -2.00. The van der Waals surface area contributed by atoms with Gasteiger partial charge in [-0.15, -0.1) is 0 Å². The Labute approximate surface area is 72.9 Å². The summed E-state index contributed by atoms with van der Waals surface area (Å²) < 4.78 is 50.8.